The Balaban J connectivity index is 1.77. The van der Waals surface area contributed by atoms with E-state index in [1.54, 1.807) is 31.4 Å². The Morgan fingerprint density at radius 3 is 2.89 bits per heavy atom. The summed E-state index contributed by atoms with van der Waals surface area (Å²) in [6.07, 6.45) is 1.08. The molecule has 7 nitrogen and oxygen atoms in total. The second-order valence-electron chi connectivity index (χ2n) is 6.64. The average molecular weight is 411 g/mol. The Labute approximate surface area is 172 Å². The number of carbonyl (C=O) groups excluding carboxylic acids is 1. The molecule has 0 aliphatic carbocycles. The molecule has 0 spiro atoms. The molecule has 1 aromatic rings. The number of guanidine groups is 1. The SMILES string of the molecule is CCNC(=NCCNC(=O)c1ccccc1Cl)N1CCC(COCCOC)C1. The van der Waals surface area contributed by atoms with Crippen LogP contribution < -0.4 is 10.6 Å². The highest BCUT2D eigenvalue weighted by Gasteiger charge is 2.24. The van der Waals surface area contributed by atoms with Gasteiger partial charge in [-0.05, 0) is 25.5 Å². The van der Waals surface area contributed by atoms with Crippen molar-refractivity contribution in [2.45, 2.75) is 13.3 Å². The molecule has 2 rings (SSSR count). The standard InChI is InChI=1S/C20H31ClN4O3/c1-3-22-20(25-11-8-16(14-25)15-28-13-12-27-2)24-10-9-23-19(26)17-6-4-5-7-18(17)21/h4-7,16H,3,8-15H2,1-2H3,(H,22,24)(H,23,26). The number of amides is 1. The summed E-state index contributed by atoms with van der Waals surface area (Å²) in [6, 6.07) is 7.02. The van der Waals surface area contributed by atoms with Crippen molar-refractivity contribution in [2.75, 3.05) is 59.7 Å². The summed E-state index contributed by atoms with van der Waals surface area (Å²) in [5, 5.41) is 6.65. The molecule has 1 aliphatic rings. The number of hydrogen-bond acceptors (Lipinski definition) is 4. The number of hydrogen-bond donors (Lipinski definition) is 2. The van der Waals surface area contributed by atoms with Gasteiger partial charge in [0.25, 0.3) is 5.91 Å². The van der Waals surface area contributed by atoms with Gasteiger partial charge in [-0.2, -0.15) is 0 Å². The number of benzene rings is 1. The van der Waals surface area contributed by atoms with Crippen LogP contribution in [0.4, 0.5) is 0 Å². The molecule has 1 amide bonds. The van der Waals surface area contributed by atoms with E-state index in [2.05, 4.69) is 27.4 Å². The van der Waals surface area contributed by atoms with Crippen molar-refractivity contribution in [1.29, 1.82) is 0 Å². The second-order valence-corrected chi connectivity index (χ2v) is 7.05. The third-order valence-corrected chi connectivity index (χ3v) is 4.81. The van der Waals surface area contributed by atoms with E-state index < -0.39 is 0 Å². The van der Waals surface area contributed by atoms with E-state index in [4.69, 9.17) is 21.1 Å². The van der Waals surface area contributed by atoms with Gasteiger partial charge >= 0.3 is 0 Å². The predicted octanol–water partition coefficient (Wildman–Crippen LogP) is 2.02. The molecule has 1 aromatic carbocycles. The van der Waals surface area contributed by atoms with Crippen molar-refractivity contribution >= 4 is 23.5 Å². The van der Waals surface area contributed by atoms with E-state index in [0.29, 0.717) is 42.8 Å². The number of methoxy groups -OCH3 is 1. The fourth-order valence-corrected chi connectivity index (χ4v) is 3.27. The molecule has 28 heavy (non-hydrogen) atoms. The highest BCUT2D eigenvalue weighted by molar-refractivity contribution is 6.33. The van der Waals surface area contributed by atoms with Crippen LogP contribution in [0.25, 0.3) is 0 Å². The molecule has 156 valence electrons. The lowest BCUT2D eigenvalue weighted by molar-refractivity contribution is 0.0536. The molecule has 0 saturated carbocycles. The van der Waals surface area contributed by atoms with Crippen molar-refractivity contribution < 1.29 is 14.3 Å². The van der Waals surface area contributed by atoms with Gasteiger partial charge in [-0.3, -0.25) is 9.79 Å². The maximum atomic E-state index is 12.2. The summed E-state index contributed by atoms with van der Waals surface area (Å²) in [7, 11) is 1.68. The zero-order valence-electron chi connectivity index (χ0n) is 16.7. The first-order valence-corrected chi connectivity index (χ1v) is 10.2. The molecule has 1 fully saturated rings. The Morgan fingerprint density at radius 2 is 2.14 bits per heavy atom. The van der Waals surface area contributed by atoms with Gasteiger partial charge in [-0.1, -0.05) is 23.7 Å². The normalized spacial score (nSPS) is 17.0. The molecule has 8 heteroatoms. The molecule has 1 atom stereocenters. The summed E-state index contributed by atoms with van der Waals surface area (Å²) in [6.45, 7) is 7.69. The summed E-state index contributed by atoms with van der Waals surface area (Å²) in [5.74, 6) is 1.20. The van der Waals surface area contributed by atoms with Gasteiger partial charge in [-0.25, -0.2) is 0 Å². The molecule has 2 N–H and O–H groups in total. The Morgan fingerprint density at radius 1 is 1.32 bits per heavy atom. The van der Waals surface area contributed by atoms with Crippen LogP contribution in [0.2, 0.25) is 5.02 Å². The number of nitrogens with one attached hydrogen (secondary N) is 2. The lowest BCUT2D eigenvalue weighted by atomic mass is 10.1. The lowest BCUT2D eigenvalue weighted by Gasteiger charge is -2.21. The van der Waals surface area contributed by atoms with Crippen LogP contribution in [0.5, 0.6) is 0 Å². The summed E-state index contributed by atoms with van der Waals surface area (Å²) >= 11 is 6.05. The van der Waals surface area contributed by atoms with Crippen molar-refractivity contribution in [3.8, 4) is 0 Å². The monoisotopic (exact) mass is 410 g/mol. The van der Waals surface area contributed by atoms with Gasteiger partial charge in [0.05, 0.1) is 37.0 Å². The minimum Gasteiger partial charge on any atom is -0.382 e. The van der Waals surface area contributed by atoms with Crippen molar-refractivity contribution in [2.24, 2.45) is 10.9 Å². The van der Waals surface area contributed by atoms with Crippen LogP contribution >= 0.6 is 11.6 Å². The molecule has 1 aliphatic heterocycles. The number of carbonyl (C=O) groups is 1. The van der Waals surface area contributed by atoms with E-state index in [0.717, 1.165) is 38.6 Å². The maximum Gasteiger partial charge on any atom is 0.252 e. The van der Waals surface area contributed by atoms with Crippen molar-refractivity contribution in [3.05, 3.63) is 34.9 Å². The molecular formula is C20H31ClN4O3. The second kappa shape index (κ2) is 12.6. The Hall–Kier alpha value is -1.83. The van der Waals surface area contributed by atoms with Gasteiger partial charge in [0.1, 0.15) is 0 Å². The molecular weight excluding hydrogens is 380 g/mol. The number of halogens is 1. The van der Waals surface area contributed by atoms with E-state index in [9.17, 15) is 4.79 Å². The zero-order valence-corrected chi connectivity index (χ0v) is 17.5. The van der Waals surface area contributed by atoms with Crippen LogP contribution in [0.1, 0.15) is 23.7 Å². The first kappa shape index (κ1) is 22.5. The number of nitrogens with zero attached hydrogens (tertiary/aromatic N) is 2. The first-order valence-electron chi connectivity index (χ1n) is 9.78. The van der Waals surface area contributed by atoms with E-state index >= 15 is 0 Å². The Bertz CT molecular complexity index is 642. The fourth-order valence-electron chi connectivity index (χ4n) is 3.05. The molecule has 1 heterocycles. The quantitative estimate of drug-likeness (QED) is 0.350. The minimum atomic E-state index is -0.180. The summed E-state index contributed by atoms with van der Waals surface area (Å²) in [4.78, 5) is 19.1. The number of ether oxygens (including phenoxy) is 2. The number of rotatable bonds is 10. The van der Waals surface area contributed by atoms with E-state index in [1.165, 1.54) is 0 Å². The number of aliphatic imine (C=N–C) groups is 1. The first-order chi connectivity index (χ1) is 13.7. The van der Waals surface area contributed by atoms with Gasteiger partial charge in [-0.15, -0.1) is 0 Å². The van der Waals surface area contributed by atoms with E-state index in [1.807, 2.05) is 0 Å². The molecule has 1 unspecified atom stereocenters. The van der Waals surface area contributed by atoms with Crippen LogP contribution in [0, 0.1) is 5.92 Å². The summed E-state index contributed by atoms with van der Waals surface area (Å²) in [5.41, 5.74) is 0.482. The summed E-state index contributed by atoms with van der Waals surface area (Å²) < 4.78 is 10.7. The highest BCUT2D eigenvalue weighted by Crippen LogP contribution is 2.17. The largest absolute Gasteiger partial charge is 0.382 e. The minimum absolute atomic E-state index is 0.180. The van der Waals surface area contributed by atoms with Gasteiger partial charge < -0.3 is 25.0 Å². The number of likely N-dealkylation sites (tertiary alicyclic amines) is 1. The maximum absolute atomic E-state index is 12.2. The zero-order chi connectivity index (χ0) is 20.2. The van der Waals surface area contributed by atoms with Crippen LogP contribution in [-0.2, 0) is 9.47 Å². The smallest absolute Gasteiger partial charge is 0.252 e. The lowest BCUT2D eigenvalue weighted by Crippen LogP contribution is -2.41. The molecule has 0 radical (unpaired) electrons. The highest BCUT2D eigenvalue weighted by atomic mass is 35.5. The van der Waals surface area contributed by atoms with E-state index in [-0.39, 0.29) is 5.91 Å². The molecule has 0 aromatic heterocycles. The fraction of sp³-hybridized carbons (Fsp3) is 0.600. The predicted molar refractivity (Wildman–Crippen MR) is 112 cm³/mol. The van der Waals surface area contributed by atoms with Gasteiger partial charge in [0.15, 0.2) is 5.96 Å². The molecule has 1 saturated heterocycles. The van der Waals surface area contributed by atoms with Crippen molar-refractivity contribution in [1.82, 2.24) is 15.5 Å². The van der Waals surface area contributed by atoms with Gasteiger partial charge in [0.2, 0.25) is 0 Å². The van der Waals surface area contributed by atoms with Crippen LogP contribution in [0.3, 0.4) is 0 Å². The topological polar surface area (TPSA) is 75.2 Å². The van der Waals surface area contributed by atoms with Gasteiger partial charge in [0, 0.05) is 39.2 Å². The molecule has 0 bridgehead atoms. The Kier molecular flexibility index (Phi) is 10.1. The van der Waals surface area contributed by atoms with Crippen molar-refractivity contribution in [3.63, 3.8) is 0 Å². The third-order valence-electron chi connectivity index (χ3n) is 4.48. The van der Waals surface area contributed by atoms with Crippen LogP contribution in [-0.4, -0.2) is 76.4 Å². The average Bonchev–Trinajstić information content (AvgIpc) is 3.16. The third kappa shape index (κ3) is 7.30. The van der Waals surface area contributed by atoms with Crippen LogP contribution in [0.15, 0.2) is 29.3 Å².